The van der Waals surface area contributed by atoms with Crippen LogP contribution in [0.25, 0.3) is 21.5 Å². The number of carbonyl (C=O) groups excluding carboxylic acids is 2. The molecular weight excluding hydrogens is 468 g/mol. The monoisotopic (exact) mass is 488 g/mol. The van der Waals surface area contributed by atoms with Crippen LogP contribution in [0.15, 0.2) is 47.8 Å². The molecule has 1 N–H and O–H groups in total. The molecule has 5 rings (SSSR count). The molecule has 0 radical (unpaired) electrons. The number of amides is 2. The van der Waals surface area contributed by atoms with Crippen molar-refractivity contribution < 1.29 is 14.3 Å². The molecule has 7 nitrogen and oxygen atoms in total. The van der Waals surface area contributed by atoms with E-state index in [1.807, 2.05) is 41.8 Å². The van der Waals surface area contributed by atoms with Crippen molar-refractivity contribution in [2.75, 3.05) is 18.5 Å². The number of anilines is 1. The second kappa shape index (κ2) is 9.25. The van der Waals surface area contributed by atoms with E-state index in [0.717, 1.165) is 31.9 Å². The van der Waals surface area contributed by atoms with E-state index < -0.39 is 0 Å². The highest BCUT2D eigenvalue weighted by atomic mass is 32.1. The van der Waals surface area contributed by atoms with Gasteiger partial charge in [0.1, 0.15) is 11.1 Å². The molecule has 0 saturated heterocycles. The summed E-state index contributed by atoms with van der Waals surface area (Å²) in [6.07, 6.45) is 0.180. The van der Waals surface area contributed by atoms with Crippen LogP contribution in [0.5, 0.6) is 0 Å². The first-order valence-corrected chi connectivity index (χ1v) is 12.5. The van der Waals surface area contributed by atoms with Gasteiger partial charge in [-0.1, -0.05) is 24.3 Å². The number of carbonyl (C=O) groups is 2. The van der Waals surface area contributed by atoms with E-state index in [0.29, 0.717) is 42.2 Å². The number of nitrogens with zero attached hydrogens (tertiary/aromatic N) is 3. The molecular formula is C25H20N4O3S2. The Morgan fingerprint density at radius 2 is 2.12 bits per heavy atom. The van der Waals surface area contributed by atoms with Gasteiger partial charge in [-0.2, -0.15) is 5.26 Å². The number of hydrogen-bond donors (Lipinski definition) is 1. The first kappa shape index (κ1) is 22.1. The normalized spacial score (nSPS) is 12.8. The van der Waals surface area contributed by atoms with E-state index in [2.05, 4.69) is 11.4 Å². The summed E-state index contributed by atoms with van der Waals surface area (Å²) in [5.41, 5.74) is 3.32. The van der Waals surface area contributed by atoms with E-state index in [4.69, 9.17) is 9.72 Å². The summed E-state index contributed by atoms with van der Waals surface area (Å²) in [4.78, 5) is 33.8. The van der Waals surface area contributed by atoms with Crippen LogP contribution < -0.4 is 5.32 Å². The van der Waals surface area contributed by atoms with Gasteiger partial charge in [-0.25, -0.2) is 9.78 Å². The second-order valence-electron chi connectivity index (χ2n) is 7.69. The van der Waals surface area contributed by atoms with E-state index in [9.17, 15) is 14.9 Å². The first-order valence-electron chi connectivity index (χ1n) is 10.8. The highest BCUT2D eigenvalue weighted by Crippen LogP contribution is 2.37. The van der Waals surface area contributed by atoms with Gasteiger partial charge in [0.25, 0.3) is 5.91 Å². The van der Waals surface area contributed by atoms with Gasteiger partial charge >= 0.3 is 6.09 Å². The van der Waals surface area contributed by atoms with Gasteiger partial charge in [0.2, 0.25) is 0 Å². The molecule has 0 fully saturated rings. The number of rotatable bonds is 4. The maximum Gasteiger partial charge on any atom is 0.410 e. The van der Waals surface area contributed by atoms with Gasteiger partial charge in [-0.3, -0.25) is 4.79 Å². The lowest BCUT2D eigenvalue weighted by atomic mass is 10.0. The Hall–Kier alpha value is -3.74. The molecule has 4 aromatic rings. The molecule has 3 aromatic heterocycles. The molecule has 0 spiro atoms. The summed E-state index contributed by atoms with van der Waals surface area (Å²) in [5.74, 6) is -0.297. The summed E-state index contributed by atoms with van der Waals surface area (Å²) >= 11 is 2.90. The average molecular weight is 489 g/mol. The van der Waals surface area contributed by atoms with Crippen LogP contribution >= 0.6 is 22.7 Å². The third-order valence-electron chi connectivity index (χ3n) is 5.66. The highest BCUT2D eigenvalue weighted by Gasteiger charge is 2.28. The zero-order valence-electron chi connectivity index (χ0n) is 18.3. The Balaban J connectivity index is 1.49. The topological polar surface area (TPSA) is 95.3 Å². The van der Waals surface area contributed by atoms with Gasteiger partial charge in [0, 0.05) is 16.8 Å². The summed E-state index contributed by atoms with van der Waals surface area (Å²) in [5, 5.41) is 16.0. The van der Waals surface area contributed by atoms with Crippen molar-refractivity contribution in [3.8, 4) is 16.6 Å². The minimum atomic E-state index is -0.366. The number of pyridine rings is 1. The fraction of sp³-hybridized carbons (Fsp3) is 0.200. The molecule has 1 aliphatic rings. The average Bonchev–Trinajstić information content (AvgIpc) is 3.51. The Labute approximate surface area is 204 Å². The number of aromatic nitrogens is 1. The van der Waals surface area contributed by atoms with Crippen LogP contribution in [0.4, 0.5) is 9.80 Å². The zero-order valence-corrected chi connectivity index (χ0v) is 20.0. The number of nitrogens with one attached hydrogen (secondary N) is 1. The molecule has 170 valence electrons. The van der Waals surface area contributed by atoms with Crippen molar-refractivity contribution in [3.05, 3.63) is 69.4 Å². The maximum absolute atomic E-state index is 13.5. The summed E-state index contributed by atoms with van der Waals surface area (Å²) < 4.78 is 5.12. The molecule has 0 saturated carbocycles. The Morgan fingerprint density at radius 1 is 1.26 bits per heavy atom. The highest BCUT2D eigenvalue weighted by molar-refractivity contribution is 7.16. The van der Waals surface area contributed by atoms with Crippen LogP contribution in [0, 0.1) is 11.3 Å². The molecule has 4 heterocycles. The van der Waals surface area contributed by atoms with Gasteiger partial charge in [-0.05, 0) is 42.5 Å². The van der Waals surface area contributed by atoms with Crippen LogP contribution in [-0.4, -0.2) is 35.0 Å². The number of fused-ring (bicyclic) bond motifs is 2. The van der Waals surface area contributed by atoms with Crippen LogP contribution in [0.3, 0.4) is 0 Å². The number of nitriles is 1. The lowest BCUT2D eigenvalue weighted by Gasteiger charge is -2.25. The number of thiophene rings is 2. The SMILES string of the molecule is CCOC(=O)N1CCc2c(sc(NC(=O)c3cc(-c4cccs4)nc4ccccc34)c2C#N)C1. The van der Waals surface area contributed by atoms with Crippen molar-refractivity contribution in [3.63, 3.8) is 0 Å². The second-order valence-corrected chi connectivity index (χ2v) is 9.75. The fourth-order valence-electron chi connectivity index (χ4n) is 4.06. The van der Waals surface area contributed by atoms with Crippen LogP contribution in [-0.2, 0) is 17.7 Å². The minimum absolute atomic E-state index is 0.297. The number of para-hydroxylation sites is 1. The van der Waals surface area contributed by atoms with E-state index in [-0.39, 0.29) is 12.0 Å². The fourth-order valence-corrected chi connectivity index (χ4v) is 5.96. The summed E-state index contributed by atoms with van der Waals surface area (Å²) in [7, 11) is 0. The molecule has 1 aliphatic heterocycles. The molecule has 0 atom stereocenters. The van der Waals surface area contributed by atoms with Crippen molar-refractivity contribution in [2.24, 2.45) is 0 Å². The molecule has 0 aliphatic carbocycles. The third kappa shape index (κ3) is 4.02. The molecule has 0 bridgehead atoms. The Bertz CT molecular complexity index is 1440. The van der Waals surface area contributed by atoms with Gasteiger partial charge < -0.3 is 15.0 Å². The molecule has 0 unspecified atom stereocenters. The number of hydrogen-bond acceptors (Lipinski definition) is 7. The van der Waals surface area contributed by atoms with Gasteiger partial charge in [0.05, 0.1) is 40.4 Å². The summed E-state index contributed by atoms with van der Waals surface area (Å²) in [6.45, 7) is 2.92. The van der Waals surface area contributed by atoms with Crippen LogP contribution in [0.1, 0.15) is 33.3 Å². The van der Waals surface area contributed by atoms with Crippen LogP contribution in [0.2, 0.25) is 0 Å². The Kier molecular flexibility index (Phi) is 6.01. The van der Waals surface area contributed by atoms with Gasteiger partial charge in [0.15, 0.2) is 0 Å². The smallest absolute Gasteiger partial charge is 0.410 e. The summed E-state index contributed by atoms with van der Waals surface area (Å²) in [6, 6.07) is 15.5. The predicted octanol–water partition coefficient (Wildman–Crippen LogP) is 5.66. The molecule has 1 aromatic carbocycles. The quantitative estimate of drug-likeness (QED) is 0.400. The molecule has 34 heavy (non-hydrogen) atoms. The number of benzene rings is 1. The largest absolute Gasteiger partial charge is 0.450 e. The van der Waals surface area contributed by atoms with E-state index in [1.54, 1.807) is 29.2 Å². The Morgan fingerprint density at radius 3 is 2.88 bits per heavy atom. The predicted molar refractivity (Wildman–Crippen MR) is 133 cm³/mol. The first-order chi connectivity index (χ1) is 16.6. The number of ether oxygens (including phenoxy) is 1. The van der Waals surface area contributed by atoms with Crippen molar-refractivity contribution in [1.82, 2.24) is 9.88 Å². The van der Waals surface area contributed by atoms with Crippen molar-refractivity contribution in [1.29, 1.82) is 5.26 Å². The van der Waals surface area contributed by atoms with Gasteiger partial charge in [-0.15, -0.1) is 22.7 Å². The minimum Gasteiger partial charge on any atom is -0.450 e. The standard InChI is InChI=1S/C25H20N4O3S2/c1-2-32-25(31)29-10-9-16-18(13-26)24(34-22(16)14-29)28-23(30)17-12-20(21-8-5-11-33-21)27-19-7-4-3-6-15(17)19/h3-8,11-12H,2,9-10,14H2,1H3,(H,28,30). The molecule has 2 amide bonds. The maximum atomic E-state index is 13.5. The molecule has 9 heteroatoms. The zero-order chi connectivity index (χ0) is 23.7. The van der Waals surface area contributed by atoms with E-state index >= 15 is 0 Å². The third-order valence-corrected chi connectivity index (χ3v) is 7.68. The lowest BCUT2D eigenvalue weighted by Crippen LogP contribution is -2.35. The lowest BCUT2D eigenvalue weighted by molar-refractivity contribution is 0.102. The van der Waals surface area contributed by atoms with E-state index in [1.165, 1.54) is 11.3 Å². The van der Waals surface area contributed by atoms with Crippen molar-refractivity contribution in [2.45, 2.75) is 19.9 Å². The van der Waals surface area contributed by atoms with Crippen molar-refractivity contribution >= 4 is 50.6 Å².